The quantitative estimate of drug-likeness (QED) is 0.682. The van der Waals surface area contributed by atoms with Crippen LogP contribution >= 0.6 is 0 Å². The van der Waals surface area contributed by atoms with Crippen molar-refractivity contribution in [3.05, 3.63) is 66.0 Å². The van der Waals surface area contributed by atoms with Gasteiger partial charge in [-0.2, -0.15) is 4.31 Å². The standard InChI is InChI=1S/C22H27N3O3S/c1-3-18(2)20-5-7-21(8-6-20)29(27,28)25-16-14-24(15-17-25)22(26)9-4-19-10-12-23-13-11-19/h4-13,18H,3,14-17H2,1-2H3/b9-4+. The molecule has 6 nitrogen and oxygen atoms in total. The first-order chi connectivity index (χ1) is 13.9. The first-order valence-corrected chi connectivity index (χ1v) is 11.3. The lowest BCUT2D eigenvalue weighted by molar-refractivity contribution is -0.127. The molecule has 1 aromatic carbocycles. The van der Waals surface area contributed by atoms with E-state index in [1.165, 1.54) is 10.4 Å². The van der Waals surface area contributed by atoms with Crippen molar-refractivity contribution in [3.8, 4) is 0 Å². The minimum atomic E-state index is -3.55. The molecule has 3 rings (SSSR count). The van der Waals surface area contributed by atoms with Crippen molar-refractivity contribution in [3.63, 3.8) is 0 Å². The van der Waals surface area contributed by atoms with Gasteiger partial charge in [0, 0.05) is 44.6 Å². The summed E-state index contributed by atoms with van der Waals surface area (Å²) in [6.07, 6.45) is 7.61. The molecule has 2 aromatic rings. The summed E-state index contributed by atoms with van der Waals surface area (Å²) in [5, 5.41) is 0. The van der Waals surface area contributed by atoms with Crippen molar-refractivity contribution < 1.29 is 13.2 Å². The van der Waals surface area contributed by atoms with Crippen LogP contribution < -0.4 is 0 Å². The number of rotatable bonds is 6. The van der Waals surface area contributed by atoms with Gasteiger partial charge >= 0.3 is 0 Å². The maximum Gasteiger partial charge on any atom is 0.246 e. The van der Waals surface area contributed by atoms with E-state index in [1.54, 1.807) is 35.5 Å². The van der Waals surface area contributed by atoms with Crippen molar-refractivity contribution >= 4 is 22.0 Å². The molecule has 1 aliphatic heterocycles. The fourth-order valence-corrected chi connectivity index (χ4v) is 4.67. The molecule has 1 unspecified atom stereocenters. The van der Waals surface area contributed by atoms with Gasteiger partial charge < -0.3 is 4.90 Å². The van der Waals surface area contributed by atoms with E-state index in [2.05, 4.69) is 18.8 Å². The van der Waals surface area contributed by atoms with Crippen molar-refractivity contribution in [1.29, 1.82) is 0 Å². The molecule has 154 valence electrons. The molecule has 0 saturated carbocycles. The molecule has 29 heavy (non-hydrogen) atoms. The smallest absolute Gasteiger partial charge is 0.246 e. The molecule has 0 N–H and O–H groups in total. The molecule has 0 radical (unpaired) electrons. The topological polar surface area (TPSA) is 70.6 Å². The largest absolute Gasteiger partial charge is 0.337 e. The van der Waals surface area contributed by atoms with E-state index in [0.29, 0.717) is 37.0 Å². The SMILES string of the molecule is CCC(C)c1ccc(S(=O)(=O)N2CCN(C(=O)/C=C/c3ccncc3)CC2)cc1. The fraction of sp³-hybridized carbons (Fsp3) is 0.364. The highest BCUT2D eigenvalue weighted by Gasteiger charge is 2.29. The maximum atomic E-state index is 12.9. The van der Waals surface area contributed by atoms with E-state index in [9.17, 15) is 13.2 Å². The Morgan fingerprint density at radius 3 is 2.28 bits per heavy atom. The molecule has 2 heterocycles. The van der Waals surface area contributed by atoms with Crippen LogP contribution in [0.1, 0.15) is 37.3 Å². The summed E-state index contributed by atoms with van der Waals surface area (Å²) in [6.45, 7) is 5.59. The zero-order chi connectivity index (χ0) is 20.9. The normalized spacial score (nSPS) is 16.8. The van der Waals surface area contributed by atoms with Crippen LogP contribution in [0, 0.1) is 0 Å². The molecular weight excluding hydrogens is 386 g/mol. The lowest BCUT2D eigenvalue weighted by Gasteiger charge is -2.33. The van der Waals surface area contributed by atoms with E-state index >= 15 is 0 Å². The second-order valence-corrected chi connectivity index (χ2v) is 9.16. The van der Waals surface area contributed by atoms with Gasteiger partial charge in [-0.25, -0.2) is 8.42 Å². The molecule has 1 aliphatic rings. The first kappa shape index (κ1) is 21.2. The molecule has 0 spiro atoms. The van der Waals surface area contributed by atoms with Crippen LogP contribution in [0.25, 0.3) is 6.08 Å². The lowest BCUT2D eigenvalue weighted by atomic mass is 9.99. The second kappa shape index (κ2) is 9.33. The zero-order valence-corrected chi connectivity index (χ0v) is 17.7. The summed E-state index contributed by atoms with van der Waals surface area (Å²) >= 11 is 0. The van der Waals surface area contributed by atoms with Crippen molar-refractivity contribution in [2.45, 2.75) is 31.1 Å². The Morgan fingerprint density at radius 1 is 1.07 bits per heavy atom. The minimum Gasteiger partial charge on any atom is -0.337 e. The third kappa shape index (κ3) is 5.10. The van der Waals surface area contributed by atoms with Gasteiger partial charge in [0.1, 0.15) is 0 Å². The summed E-state index contributed by atoms with van der Waals surface area (Å²) in [7, 11) is -3.55. The Bertz CT molecular complexity index is 949. The van der Waals surface area contributed by atoms with Crippen LogP contribution in [-0.4, -0.2) is 54.7 Å². The highest BCUT2D eigenvalue weighted by Crippen LogP contribution is 2.23. The Hall–Kier alpha value is -2.51. The van der Waals surface area contributed by atoms with E-state index in [1.807, 2.05) is 24.3 Å². The van der Waals surface area contributed by atoms with Gasteiger partial charge in [0.15, 0.2) is 0 Å². The number of piperazine rings is 1. The number of benzene rings is 1. The predicted molar refractivity (Wildman–Crippen MR) is 114 cm³/mol. The molecular formula is C22H27N3O3S. The van der Waals surface area contributed by atoms with E-state index in [4.69, 9.17) is 0 Å². The summed E-state index contributed by atoms with van der Waals surface area (Å²) in [5.74, 6) is 0.290. The lowest BCUT2D eigenvalue weighted by Crippen LogP contribution is -2.50. The summed E-state index contributed by atoms with van der Waals surface area (Å²) < 4.78 is 27.3. The van der Waals surface area contributed by atoms with Crippen LogP contribution in [0.3, 0.4) is 0 Å². The average molecular weight is 414 g/mol. The number of carbonyl (C=O) groups is 1. The monoisotopic (exact) mass is 413 g/mol. The van der Waals surface area contributed by atoms with Gasteiger partial charge in [0.05, 0.1) is 4.90 Å². The number of carbonyl (C=O) groups excluding carboxylic acids is 1. The Labute approximate surface area is 172 Å². The average Bonchev–Trinajstić information content (AvgIpc) is 2.77. The molecule has 1 aromatic heterocycles. The molecule has 7 heteroatoms. The third-order valence-corrected chi connectivity index (χ3v) is 7.29. The van der Waals surface area contributed by atoms with E-state index in [0.717, 1.165) is 17.5 Å². The zero-order valence-electron chi connectivity index (χ0n) is 16.9. The highest BCUT2D eigenvalue weighted by atomic mass is 32.2. The van der Waals surface area contributed by atoms with Crippen LogP contribution in [0.4, 0.5) is 0 Å². The van der Waals surface area contributed by atoms with Crippen LogP contribution in [0.5, 0.6) is 0 Å². The fourth-order valence-electron chi connectivity index (χ4n) is 3.25. The number of pyridine rings is 1. The van der Waals surface area contributed by atoms with Crippen LogP contribution in [0.2, 0.25) is 0 Å². The Balaban J connectivity index is 1.60. The van der Waals surface area contributed by atoms with Crippen molar-refractivity contribution in [2.24, 2.45) is 0 Å². The summed E-state index contributed by atoms with van der Waals surface area (Å²) in [6, 6.07) is 10.8. The van der Waals surface area contributed by atoms with Crippen molar-refractivity contribution in [2.75, 3.05) is 26.2 Å². The number of hydrogen-bond donors (Lipinski definition) is 0. The Kier molecular flexibility index (Phi) is 6.82. The number of aromatic nitrogens is 1. The van der Waals surface area contributed by atoms with E-state index in [-0.39, 0.29) is 5.91 Å². The Morgan fingerprint density at radius 2 is 1.69 bits per heavy atom. The van der Waals surface area contributed by atoms with Gasteiger partial charge in [-0.15, -0.1) is 0 Å². The highest BCUT2D eigenvalue weighted by molar-refractivity contribution is 7.89. The van der Waals surface area contributed by atoms with Gasteiger partial charge in [0.25, 0.3) is 0 Å². The second-order valence-electron chi connectivity index (χ2n) is 7.22. The molecule has 1 saturated heterocycles. The first-order valence-electron chi connectivity index (χ1n) is 9.89. The van der Waals surface area contributed by atoms with Crippen molar-refractivity contribution in [1.82, 2.24) is 14.2 Å². The van der Waals surface area contributed by atoms with Gasteiger partial charge in [0.2, 0.25) is 15.9 Å². The molecule has 0 aliphatic carbocycles. The number of amides is 1. The molecule has 1 fully saturated rings. The minimum absolute atomic E-state index is 0.114. The number of nitrogens with zero attached hydrogens (tertiary/aromatic N) is 3. The maximum absolute atomic E-state index is 12.9. The number of hydrogen-bond acceptors (Lipinski definition) is 4. The summed E-state index contributed by atoms with van der Waals surface area (Å²) in [5.41, 5.74) is 2.04. The molecule has 1 atom stereocenters. The van der Waals surface area contributed by atoms with Crippen LogP contribution in [-0.2, 0) is 14.8 Å². The van der Waals surface area contributed by atoms with Crippen LogP contribution in [0.15, 0.2) is 59.8 Å². The van der Waals surface area contributed by atoms with Gasteiger partial charge in [-0.3, -0.25) is 9.78 Å². The molecule has 1 amide bonds. The van der Waals surface area contributed by atoms with Gasteiger partial charge in [-0.05, 0) is 53.8 Å². The number of sulfonamides is 1. The third-order valence-electron chi connectivity index (χ3n) is 5.37. The molecule has 0 bridgehead atoms. The summed E-state index contributed by atoms with van der Waals surface area (Å²) in [4.78, 5) is 18.3. The predicted octanol–water partition coefficient (Wildman–Crippen LogP) is 3.14. The van der Waals surface area contributed by atoms with E-state index < -0.39 is 10.0 Å². The van der Waals surface area contributed by atoms with Gasteiger partial charge in [-0.1, -0.05) is 26.0 Å².